The first kappa shape index (κ1) is 21.8. The summed E-state index contributed by atoms with van der Waals surface area (Å²) < 4.78 is 45.8. The van der Waals surface area contributed by atoms with Crippen molar-refractivity contribution in [3.05, 3.63) is 65.2 Å². The smallest absolute Gasteiger partial charge is 0.410 e. The van der Waals surface area contributed by atoms with Crippen LogP contribution < -0.4 is 10.1 Å². The third-order valence-electron chi connectivity index (χ3n) is 4.21. The van der Waals surface area contributed by atoms with Gasteiger partial charge in [-0.25, -0.2) is 4.79 Å². The van der Waals surface area contributed by atoms with Crippen molar-refractivity contribution in [2.45, 2.75) is 51.4 Å². The minimum atomic E-state index is -4.77. The molecule has 0 fully saturated rings. The zero-order valence-corrected chi connectivity index (χ0v) is 16.2. The maximum Gasteiger partial charge on any atom is 0.420 e. The second-order valence-corrected chi connectivity index (χ2v) is 7.55. The van der Waals surface area contributed by atoms with Gasteiger partial charge in [0.25, 0.3) is 0 Å². The van der Waals surface area contributed by atoms with Gasteiger partial charge in [0.05, 0.1) is 5.56 Å². The molecule has 0 aliphatic rings. The summed E-state index contributed by atoms with van der Waals surface area (Å²) in [6.45, 7) is 6.73. The molecule has 2 aromatic carbocycles. The number of benzene rings is 2. The average Bonchev–Trinajstić information content (AvgIpc) is 2.59. The lowest BCUT2D eigenvalue weighted by Gasteiger charge is -2.29. The molecule has 1 unspecified atom stereocenters. The lowest BCUT2D eigenvalue weighted by atomic mass is 9.83. The number of carbonyl (C=O) groups excluding carboxylic acids is 1. The monoisotopic (exact) mass is 395 g/mol. The molecule has 1 amide bonds. The van der Waals surface area contributed by atoms with E-state index in [1.54, 1.807) is 58.0 Å². The van der Waals surface area contributed by atoms with E-state index in [1.165, 1.54) is 6.07 Å². The average molecular weight is 395 g/mol. The Morgan fingerprint density at radius 3 is 2.14 bits per heavy atom. The van der Waals surface area contributed by atoms with Crippen molar-refractivity contribution in [2.24, 2.45) is 0 Å². The SMILES string of the molecule is CCC(O)(c1ccccc1)c1ccc(OC(=O)NC(C)(C)C)c(C(F)(F)F)c1. The molecule has 0 heterocycles. The lowest BCUT2D eigenvalue weighted by molar-refractivity contribution is -0.138. The Hall–Kier alpha value is -2.54. The fourth-order valence-corrected chi connectivity index (χ4v) is 2.82. The molecule has 0 radical (unpaired) electrons. The summed E-state index contributed by atoms with van der Waals surface area (Å²) in [5, 5.41) is 13.5. The highest BCUT2D eigenvalue weighted by molar-refractivity contribution is 5.71. The number of aliphatic hydroxyl groups is 1. The van der Waals surface area contributed by atoms with Gasteiger partial charge in [0, 0.05) is 5.54 Å². The quantitative estimate of drug-likeness (QED) is 0.745. The van der Waals surface area contributed by atoms with Crippen molar-refractivity contribution in [1.82, 2.24) is 5.32 Å². The van der Waals surface area contributed by atoms with Crippen LogP contribution in [0.1, 0.15) is 50.8 Å². The van der Waals surface area contributed by atoms with Crippen LogP contribution in [0.25, 0.3) is 0 Å². The van der Waals surface area contributed by atoms with E-state index in [-0.39, 0.29) is 12.0 Å². The van der Waals surface area contributed by atoms with Crippen LogP contribution in [0.2, 0.25) is 0 Å². The first-order valence-electron chi connectivity index (χ1n) is 8.86. The minimum Gasteiger partial charge on any atom is -0.410 e. The summed E-state index contributed by atoms with van der Waals surface area (Å²) in [6.07, 6.45) is -5.59. The van der Waals surface area contributed by atoms with Gasteiger partial charge in [0.15, 0.2) is 0 Å². The molecule has 2 aromatic rings. The van der Waals surface area contributed by atoms with Crippen LogP contribution in [0.5, 0.6) is 5.75 Å². The van der Waals surface area contributed by atoms with Crippen LogP contribution in [0.4, 0.5) is 18.0 Å². The molecule has 0 aliphatic carbocycles. The predicted octanol–water partition coefficient (Wildman–Crippen LogP) is 5.24. The minimum absolute atomic E-state index is 0.0668. The molecule has 0 saturated heterocycles. The molecule has 0 bridgehead atoms. The zero-order chi connectivity index (χ0) is 21.2. The van der Waals surface area contributed by atoms with Crippen LogP contribution in [0.15, 0.2) is 48.5 Å². The zero-order valence-electron chi connectivity index (χ0n) is 16.2. The maximum atomic E-state index is 13.6. The first-order chi connectivity index (χ1) is 12.9. The number of alkyl halides is 3. The molecule has 28 heavy (non-hydrogen) atoms. The number of carbonyl (C=O) groups is 1. The van der Waals surface area contributed by atoms with Gasteiger partial charge in [-0.3, -0.25) is 0 Å². The summed E-state index contributed by atoms with van der Waals surface area (Å²) in [4.78, 5) is 11.9. The Labute approximate surface area is 162 Å². The van der Waals surface area contributed by atoms with Gasteiger partial charge in [-0.05, 0) is 50.5 Å². The maximum absolute atomic E-state index is 13.6. The van der Waals surface area contributed by atoms with Gasteiger partial charge in [0.1, 0.15) is 11.4 Å². The van der Waals surface area contributed by atoms with Crippen molar-refractivity contribution in [2.75, 3.05) is 0 Å². The highest BCUT2D eigenvalue weighted by Crippen LogP contribution is 2.41. The molecular weight excluding hydrogens is 371 g/mol. The highest BCUT2D eigenvalue weighted by Gasteiger charge is 2.38. The van der Waals surface area contributed by atoms with Crippen LogP contribution >= 0.6 is 0 Å². The van der Waals surface area contributed by atoms with Crippen molar-refractivity contribution in [1.29, 1.82) is 0 Å². The fraction of sp³-hybridized carbons (Fsp3) is 0.381. The number of ether oxygens (including phenoxy) is 1. The Bertz CT molecular complexity index is 829. The molecule has 4 nitrogen and oxygen atoms in total. The van der Waals surface area contributed by atoms with E-state index in [1.807, 2.05) is 0 Å². The largest absolute Gasteiger partial charge is 0.420 e. The van der Waals surface area contributed by atoms with Gasteiger partial charge < -0.3 is 15.2 Å². The lowest BCUT2D eigenvalue weighted by Crippen LogP contribution is -2.42. The molecular formula is C21H24F3NO3. The van der Waals surface area contributed by atoms with E-state index in [4.69, 9.17) is 4.74 Å². The van der Waals surface area contributed by atoms with Gasteiger partial charge >= 0.3 is 12.3 Å². The second kappa shape index (κ2) is 7.83. The van der Waals surface area contributed by atoms with E-state index in [0.29, 0.717) is 5.56 Å². The third kappa shape index (κ3) is 5.04. The normalized spacial score (nSPS) is 14.3. The molecule has 0 spiro atoms. The Morgan fingerprint density at radius 2 is 1.64 bits per heavy atom. The van der Waals surface area contributed by atoms with E-state index in [2.05, 4.69) is 5.32 Å². The number of nitrogens with one attached hydrogen (secondary N) is 1. The molecule has 2 rings (SSSR count). The predicted molar refractivity (Wildman–Crippen MR) is 100 cm³/mol. The number of rotatable bonds is 4. The van der Waals surface area contributed by atoms with Gasteiger partial charge in [-0.2, -0.15) is 13.2 Å². The number of hydrogen-bond acceptors (Lipinski definition) is 3. The van der Waals surface area contributed by atoms with E-state index in [9.17, 15) is 23.1 Å². The van der Waals surface area contributed by atoms with Crippen molar-refractivity contribution < 1.29 is 27.8 Å². The summed E-state index contributed by atoms with van der Waals surface area (Å²) in [5.41, 5.74) is -2.85. The molecule has 2 N–H and O–H groups in total. The van der Waals surface area contributed by atoms with Crippen molar-refractivity contribution >= 4 is 6.09 Å². The molecule has 0 saturated carbocycles. The molecule has 0 aliphatic heterocycles. The molecule has 152 valence electrons. The third-order valence-corrected chi connectivity index (χ3v) is 4.21. The Balaban J connectivity index is 2.49. The number of halogens is 3. The van der Waals surface area contributed by atoms with Gasteiger partial charge in [0.2, 0.25) is 0 Å². The van der Waals surface area contributed by atoms with Crippen molar-refractivity contribution in [3.8, 4) is 5.75 Å². The van der Waals surface area contributed by atoms with E-state index >= 15 is 0 Å². The highest BCUT2D eigenvalue weighted by atomic mass is 19.4. The van der Waals surface area contributed by atoms with Gasteiger partial charge in [-0.1, -0.05) is 43.3 Å². The Morgan fingerprint density at radius 1 is 1.04 bits per heavy atom. The molecule has 0 aromatic heterocycles. The second-order valence-electron chi connectivity index (χ2n) is 7.55. The van der Waals surface area contributed by atoms with Crippen LogP contribution in [0.3, 0.4) is 0 Å². The van der Waals surface area contributed by atoms with E-state index in [0.717, 1.165) is 12.1 Å². The summed E-state index contributed by atoms with van der Waals surface area (Å²) in [5.74, 6) is -0.621. The van der Waals surface area contributed by atoms with Crippen LogP contribution in [-0.2, 0) is 11.8 Å². The summed E-state index contributed by atoms with van der Waals surface area (Å²) >= 11 is 0. The summed E-state index contributed by atoms with van der Waals surface area (Å²) in [6, 6.07) is 11.7. The topological polar surface area (TPSA) is 58.6 Å². The van der Waals surface area contributed by atoms with Gasteiger partial charge in [-0.15, -0.1) is 0 Å². The fourth-order valence-electron chi connectivity index (χ4n) is 2.82. The Kier molecular flexibility index (Phi) is 6.09. The number of hydrogen-bond donors (Lipinski definition) is 2. The number of amides is 1. The first-order valence-corrected chi connectivity index (χ1v) is 8.86. The molecule has 7 heteroatoms. The summed E-state index contributed by atoms with van der Waals surface area (Å²) in [7, 11) is 0. The van der Waals surface area contributed by atoms with Crippen molar-refractivity contribution in [3.63, 3.8) is 0 Å². The van der Waals surface area contributed by atoms with Crippen LogP contribution in [-0.4, -0.2) is 16.7 Å². The van der Waals surface area contributed by atoms with Crippen LogP contribution in [0, 0.1) is 0 Å². The van der Waals surface area contributed by atoms with E-state index < -0.39 is 34.7 Å². The molecule has 1 atom stereocenters. The standard InChI is InChI=1S/C21H24F3NO3/c1-5-20(27,14-9-7-6-8-10-14)15-11-12-17(16(13-15)21(22,23)24)28-18(26)25-19(2,3)4/h6-13,27H,5H2,1-4H3,(H,25,26).